The number of aryl methyl sites for hydroxylation is 4. The number of fused-ring (bicyclic) bond motifs is 3. The van der Waals surface area contributed by atoms with E-state index in [1.165, 1.54) is 7.11 Å². The Kier molecular flexibility index (Phi) is 7.08. The van der Waals surface area contributed by atoms with Gasteiger partial charge < -0.3 is 14.0 Å². The summed E-state index contributed by atoms with van der Waals surface area (Å²) in [6.45, 7) is 4.98. The van der Waals surface area contributed by atoms with Crippen molar-refractivity contribution in [2.24, 2.45) is 20.0 Å². The minimum Gasteiger partial charge on any atom is -0.465 e. The molecule has 4 aromatic heterocycles. The zero-order valence-electron chi connectivity index (χ0n) is 25.2. The summed E-state index contributed by atoms with van der Waals surface area (Å²) in [6, 6.07) is 12.0. The molecule has 7 rings (SSSR count). The molecule has 2 atom stereocenters. The van der Waals surface area contributed by atoms with Crippen LogP contribution in [0.4, 0.5) is 4.39 Å². The first kappa shape index (κ1) is 28.4. The monoisotopic (exact) mass is 616 g/mol. The number of hydrogen-bond donors (Lipinski definition) is 1. The molecule has 0 saturated carbocycles. The van der Waals surface area contributed by atoms with Gasteiger partial charge in [0.05, 0.1) is 46.3 Å². The molecule has 0 bridgehead atoms. The number of hydrogen-bond acceptors (Lipinski definition) is 8. The van der Waals surface area contributed by atoms with Crippen LogP contribution in [0.1, 0.15) is 41.5 Å². The summed E-state index contributed by atoms with van der Waals surface area (Å²) in [5, 5.41) is 17.6. The fraction of sp³-hybridized carbons (Fsp3) is 0.355. The van der Waals surface area contributed by atoms with Gasteiger partial charge in [0, 0.05) is 39.1 Å². The smallest absolute Gasteiger partial charge is 0.346 e. The second-order valence-corrected chi connectivity index (χ2v) is 13.2. The highest BCUT2D eigenvalue weighted by Crippen LogP contribution is 2.64. The molecule has 0 spiro atoms. The normalized spacial score (nSPS) is 18.6. The van der Waals surface area contributed by atoms with Crippen molar-refractivity contribution in [3.63, 3.8) is 0 Å². The third-order valence-corrected chi connectivity index (χ3v) is 11.4. The maximum atomic E-state index is 17.2. The molecule has 11 nitrogen and oxygen atoms in total. The van der Waals surface area contributed by atoms with Gasteiger partial charge >= 0.3 is 5.97 Å². The van der Waals surface area contributed by atoms with Crippen molar-refractivity contribution in [3.8, 4) is 11.3 Å². The number of carbonyl (C=O) groups is 1. The van der Waals surface area contributed by atoms with E-state index < -0.39 is 22.7 Å². The van der Waals surface area contributed by atoms with Gasteiger partial charge in [-0.3, -0.25) is 4.98 Å². The van der Waals surface area contributed by atoms with Crippen LogP contribution >= 0.6 is 10.9 Å². The summed E-state index contributed by atoms with van der Waals surface area (Å²) in [6.07, 6.45) is 3.39. The lowest BCUT2D eigenvalue weighted by atomic mass is 9.86. The molecule has 13 heteroatoms. The van der Waals surface area contributed by atoms with Gasteiger partial charge in [0.25, 0.3) is 0 Å². The molecule has 0 radical (unpaired) electrons. The first-order valence-corrected chi connectivity index (χ1v) is 15.8. The Morgan fingerprint density at radius 1 is 1.05 bits per heavy atom. The van der Waals surface area contributed by atoms with Gasteiger partial charge in [-0.25, -0.2) is 18.5 Å². The number of methoxy groups -OCH3 is 1. The average Bonchev–Trinajstić information content (AvgIpc) is 3.74. The Labute approximate surface area is 256 Å². The summed E-state index contributed by atoms with van der Waals surface area (Å²) in [5.74, 6) is -1.15. The minimum atomic E-state index is -1.74. The second-order valence-electron chi connectivity index (χ2n) is 11.2. The fourth-order valence-electron chi connectivity index (χ4n) is 6.75. The molecule has 2 unspecified atom stereocenters. The number of carbonyl (C=O) groups excluding carboxylic acids is 1. The van der Waals surface area contributed by atoms with E-state index in [1.54, 1.807) is 22.6 Å². The number of thiol groups is 1. The van der Waals surface area contributed by atoms with E-state index in [4.69, 9.17) is 14.5 Å². The summed E-state index contributed by atoms with van der Waals surface area (Å²) in [7, 11) is 3.15. The minimum absolute atomic E-state index is 0.00649. The standard InChI is InChI=1S/C31H33FN8O3S/c1-17-25(38(3)36-34-17)21-15-22-24(33-16-21)29-27(23(32)28(31(41)42-5)44(29)30-18(2)35-37-39(30)4)40(22)26(19-9-7-6-8-10-19)20-11-13-43-14-12-20/h6-10,15-16,20,26,44H,11-14H2,1-5H3. The zero-order chi connectivity index (χ0) is 30.7. The van der Waals surface area contributed by atoms with Crippen molar-refractivity contribution < 1.29 is 18.7 Å². The van der Waals surface area contributed by atoms with Crippen molar-refractivity contribution in [2.75, 3.05) is 20.3 Å². The molecular weight excluding hydrogens is 583 g/mol. The number of halogens is 1. The molecule has 6 heterocycles. The maximum absolute atomic E-state index is 17.2. The van der Waals surface area contributed by atoms with Crippen LogP contribution in [0.15, 0.2) is 57.4 Å². The van der Waals surface area contributed by atoms with Gasteiger partial charge in [0.2, 0.25) is 0 Å². The molecule has 0 amide bonds. The lowest BCUT2D eigenvalue weighted by Crippen LogP contribution is -2.27. The highest BCUT2D eigenvalue weighted by Gasteiger charge is 2.45. The van der Waals surface area contributed by atoms with Crippen LogP contribution in [0, 0.1) is 19.8 Å². The van der Waals surface area contributed by atoms with Gasteiger partial charge in [0.1, 0.15) is 15.4 Å². The number of esters is 1. The number of ether oxygens (including phenoxy) is 2. The van der Waals surface area contributed by atoms with Gasteiger partial charge in [0.15, 0.2) is 5.83 Å². The predicted octanol–water partition coefficient (Wildman–Crippen LogP) is 4.84. The van der Waals surface area contributed by atoms with E-state index >= 15 is 4.39 Å². The molecule has 2 aliphatic rings. The second kappa shape index (κ2) is 11.0. The Morgan fingerprint density at radius 2 is 1.75 bits per heavy atom. The van der Waals surface area contributed by atoms with Gasteiger partial charge in [-0.15, -0.1) is 21.1 Å². The van der Waals surface area contributed by atoms with Crippen LogP contribution in [0.2, 0.25) is 0 Å². The van der Waals surface area contributed by atoms with Gasteiger partial charge in [-0.2, -0.15) is 0 Å². The van der Waals surface area contributed by atoms with Gasteiger partial charge in [-0.05, 0) is 44.2 Å². The zero-order valence-corrected chi connectivity index (χ0v) is 26.0. The van der Waals surface area contributed by atoms with Crippen LogP contribution in [0.25, 0.3) is 28.1 Å². The predicted molar refractivity (Wildman–Crippen MR) is 164 cm³/mol. The lowest BCUT2D eigenvalue weighted by Gasteiger charge is -2.33. The number of benzene rings is 1. The molecule has 44 heavy (non-hydrogen) atoms. The number of aromatic nitrogens is 8. The summed E-state index contributed by atoms with van der Waals surface area (Å²) < 4.78 is 33.6. The third-order valence-electron chi connectivity index (χ3n) is 8.63. The molecule has 5 aromatic rings. The van der Waals surface area contributed by atoms with E-state index in [9.17, 15) is 4.79 Å². The van der Waals surface area contributed by atoms with Crippen LogP contribution in [-0.2, 0) is 28.4 Å². The van der Waals surface area contributed by atoms with E-state index in [1.807, 2.05) is 39.1 Å². The first-order valence-electron chi connectivity index (χ1n) is 14.5. The molecule has 2 aliphatic heterocycles. The highest BCUT2D eigenvalue weighted by molar-refractivity contribution is 8.21. The maximum Gasteiger partial charge on any atom is 0.346 e. The topological polar surface area (TPSA) is 115 Å². The van der Waals surface area contributed by atoms with E-state index in [2.05, 4.69) is 43.4 Å². The number of pyridine rings is 1. The van der Waals surface area contributed by atoms with Crippen LogP contribution in [-0.4, -0.2) is 65.8 Å². The number of rotatable bonds is 6. The Bertz CT molecular complexity index is 1900. The van der Waals surface area contributed by atoms with E-state index in [-0.39, 0.29) is 16.9 Å². The Balaban J connectivity index is 1.61. The van der Waals surface area contributed by atoms with Crippen molar-refractivity contribution >= 4 is 33.7 Å². The quantitative estimate of drug-likeness (QED) is 0.213. The van der Waals surface area contributed by atoms with Crippen molar-refractivity contribution in [2.45, 2.75) is 42.7 Å². The molecule has 1 saturated heterocycles. The highest BCUT2D eigenvalue weighted by atomic mass is 32.2. The fourth-order valence-corrected chi connectivity index (χ4v) is 9.47. The Morgan fingerprint density at radius 3 is 2.39 bits per heavy atom. The van der Waals surface area contributed by atoms with Crippen molar-refractivity contribution in [1.82, 2.24) is 39.5 Å². The lowest BCUT2D eigenvalue weighted by molar-refractivity contribution is -0.135. The first-order chi connectivity index (χ1) is 21.3. The summed E-state index contributed by atoms with van der Waals surface area (Å²) in [4.78, 5) is 19.0. The van der Waals surface area contributed by atoms with Crippen LogP contribution < -0.4 is 0 Å². The van der Waals surface area contributed by atoms with Crippen molar-refractivity contribution in [1.29, 1.82) is 0 Å². The van der Waals surface area contributed by atoms with Crippen LogP contribution in [0.5, 0.6) is 0 Å². The SMILES string of the molecule is COC(=O)C1=C(F)c2c(c3ncc(-c4c(C)nnn4C)cc3n2C(c2ccccc2)C2CCOCC2)[SH]1c1c(C)nnn1C. The van der Waals surface area contributed by atoms with E-state index in [0.717, 1.165) is 40.9 Å². The van der Waals surface area contributed by atoms with Crippen molar-refractivity contribution in [3.05, 3.63) is 70.1 Å². The molecular formula is C31H33FN8O3S. The molecule has 0 aliphatic carbocycles. The molecule has 0 N–H and O–H groups in total. The molecule has 1 fully saturated rings. The van der Waals surface area contributed by atoms with Gasteiger partial charge in [-0.1, -0.05) is 40.8 Å². The molecule has 1 aromatic carbocycles. The van der Waals surface area contributed by atoms with Crippen LogP contribution in [0.3, 0.4) is 0 Å². The summed E-state index contributed by atoms with van der Waals surface area (Å²) >= 11 is 0. The largest absolute Gasteiger partial charge is 0.465 e. The Hall–Kier alpha value is -4.36. The third kappa shape index (κ3) is 4.28. The average molecular weight is 617 g/mol. The van der Waals surface area contributed by atoms with E-state index in [0.29, 0.717) is 40.0 Å². The summed E-state index contributed by atoms with van der Waals surface area (Å²) in [5.41, 5.74) is 5.84. The number of nitrogens with zero attached hydrogens (tertiary/aromatic N) is 8. The molecule has 228 valence electrons.